The minimum Gasteiger partial charge on any atom is -0.462 e. The molecule has 0 aliphatic carbocycles. The van der Waals surface area contributed by atoms with E-state index in [9.17, 15) is 18.0 Å². The lowest BCUT2D eigenvalue weighted by Gasteiger charge is -2.08. The lowest BCUT2D eigenvalue weighted by atomic mass is 10.2. The third-order valence-electron chi connectivity index (χ3n) is 4.63. The van der Waals surface area contributed by atoms with Crippen LogP contribution in [0.4, 0.5) is 13.2 Å². The van der Waals surface area contributed by atoms with E-state index >= 15 is 0 Å². The van der Waals surface area contributed by atoms with Gasteiger partial charge in [0.1, 0.15) is 5.56 Å². The number of pyridine rings is 1. The van der Waals surface area contributed by atoms with Crippen LogP contribution in [-0.4, -0.2) is 32.3 Å². The zero-order chi connectivity index (χ0) is 22.0. The van der Waals surface area contributed by atoms with Crippen molar-refractivity contribution in [2.24, 2.45) is 0 Å². The highest BCUT2D eigenvalue weighted by Gasteiger charge is 2.30. The summed E-state index contributed by atoms with van der Waals surface area (Å²) in [6.07, 6.45) is -1.09. The number of aryl methyl sites for hydroxylation is 1. The lowest BCUT2D eigenvalue weighted by Crippen LogP contribution is -2.10. The number of rotatable bonds is 6. The number of para-hydroxylation sites is 1. The molecule has 0 amide bonds. The van der Waals surface area contributed by atoms with Gasteiger partial charge in [-0.1, -0.05) is 12.1 Å². The van der Waals surface area contributed by atoms with Crippen LogP contribution in [0.15, 0.2) is 48.8 Å². The van der Waals surface area contributed by atoms with Crippen molar-refractivity contribution in [3.8, 4) is 5.82 Å². The van der Waals surface area contributed by atoms with E-state index in [1.54, 1.807) is 18.3 Å². The molecule has 0 fully saturated rings. The molecule has 0 N–H and O–H groups in total. The van der Waals surface area contributed by atoms with E-state index < -0.39 is 17.7 Å². The molecule has 1 aromatic carbocycles. The Morgan fingerprint density at radius 1 is 1.16 bits per heavy atom. The normalized spacial score (nSPS) is 11.7. The number of halogens is 3. The van der Waals surface area contributed by atoms with Crippen molar-refractivity contribution >= 4 is 27.5 Å². The van der Waals surface area contributed by atoms with Gasteiger partial charge in [-0.3, -0.25) is 0 Å². The fraction of sp³-hybridized carbons (Fsp3) is 0.238. The third kappa shape index (κ3) is 4.58. The van der Waals surface area contributed by atoms with Crippen molar-refractivity contribution in [3.63, 3.8) is 0 Å². The highest BCUT2D eigenvalue weighted by Crippen LogP contribution is 2.29. The van der Waals surface area contributed by atoms with Crippen LogP contribution in [-0.2, 0) is 17.3 Å². The van der Waals surface area contributed by atoms with Crippen molar-refractivity contribution in [3.05, 3.63) is 70.6 Å². The molecule has 3 aromatic heterocycles. The van der Waals surface area contributed by atoms with Crippen LogP contribution in [0.25, 0.3) is 16.0 Å². The molecule has 31 heavy (non-hydrogen) atoms. The Morgan fingerprint density at radius 3 is 2.68 bits per heavy atom. The van der Waals surface area contributed by atoms with Crippen LogP contribution in [0, 0.1) is 6.92 Å². The molecule has 0 spiro atoms. The highest BCUT2D eigenvalue weighted by atomic mass is 32.1. The Kier molecular flexibility index (Phi) is 5.73. The fourth-order valence-electron chi connectivity index (χ4n) is 3.01. The average Bonchev–Trinajstić information content (AvgIpc) is 3.33. The zero-order valence-electron chi connectivity index (χ0n) is 16.4. The van der Waals surface area contributed by atoms with Gasteiger partial charge in [-0.2, -0.15) is 18.3 Å². The molecular weight excluding hydrogens is 429 g/mol. The molecule has 4 rings (SSSR count). The molecule has 0 aliphatic rings. The second-order valence-corrected chi connectivity index (χ2v) is 7.89. The zero-order valence-corrected chi connectivity index (χ0v) is 17.2. The van der Waals surface area contributed by atoms with Crippen molar-refractivity contribution in [1.29, 1.82) is 0 Å². The summed E-state index contributed by atoms with van der Waals surface area (Å²) < 4.78 is 45.8. The van der Waals surface area contributed by atoms with Crippen molar-refractivity contribution in [2.75, 3.05) is 6.61 Å². The molecule has 0 atom stereocenters. The van der Waals surface area contributed by atoms with Gasteiger partial charge < -0.3 is 4.74 Å². The Balaban J connectivity index is 1.35. The summed E-state index contributed by atoms with van der Waals surface area (Å²) in [5, 5.41) is 5.04. The number of fused-ring (bicyclic) bond motifs is 1. The molecule has 4 aromatic rings. The topological polar surface area (TPSA) is 69.9 Å². The summed E-state index contributed by atoms with van der Waals surface area (Å²) in [7, 11) is 0. The minimum absolute atomic E-state index is 0.181. The standard InChI is InChI=1S/C21H17F3N4O2S/c1-13-15(12-26-28(13)18-9-8-14(11-25-18)21(22,23)24)20(29)30-10-4-7-19-27-16-5-2-3-6-17(16)31-19/h2-3,5-6,8-9,11-12H,4,7,10H2,1H3. The molecule has 3 heterocycles. The van der Waals surface area contributed by atoms with Gasteiger partial charge in [0.25, 0.3) is 0 Å². The van der Waals surface area contributed by atoms with E-state index in [2.05, 4.69) is 15.1 Å². The van der Waals surface area contributed by atoms with Gasteiger partial charge in [0.05, 0.1) is 39.3 Å². The Hall–Kier alpha value is -3.27. The molecule has 0 bridgehead atoms. The number of carbonyl (C=O) groups excluding carboxylic acids is 1. The first kappa shape index (κ1) is 21.0. The molecular formula is C21H17F3N4O2S. The summed E-state index contributed by atoms with van der Waals surface area (Å²) >= 11 is 1.62. The summed E-state index contributed by atoms with van der Waals surface area (Å²) in [5.74, 6) is -0.361. The number of thiazole rings is 1. The summed E-state index contributed by atoms with van der Waals surface area (Å²) in [6.45, 7) is 1.85. The molecule has 0 unspecified atom stereocenters. The number of benzene rings is 1. The largest absolute Gasteiger partial charge is 0.462 e. The first-order chi connectivity index (χ1) is 14.8. The summed E-state index contributed by atoms with van der Waals surface area (Å²) in [5.41, 5.74) is 0.776. The van der Waals surface area contributed by atoms with Crippen LogP contribution in [0.5, 0.6) is 0 Å². The van der Waals surface area contributed by atoms with Gasteiger partial charge in [0.15, 0.2) is 5.82 Å². The minimum atomic E-state index is -4.47. The Labute approximate surface area is 179 Å². The van der Waals surface area contributed by atoms with E-state index in [0.29, 0.717) is 18.5 Å². The molecule has 0 aliphatic heterocycles. The monoisotopic (exact) mass is 446 g/mol. The first-order valence-electron chi connectivity index (χ1n) is 9.43. The summed E-state index contributed by atoms with van der Waals surface area (Å²) in [6, 6.07) is 10.0. The Bertz CT molecular complexity index is 1180. The van der Waals surface area contributed by atoms with Crippen molar-refractivity contribution in [2.45, 2.75) is 25.9 Å². The fourth-order valence-corrected chi connectivity index (χ4v) is 4.02. The maximum atomic E-state index is 12.7. The predicted octanol–water partition coefficient (Wildman–Crippen LogP) is 4.99. The Morgan fingerprint density at radius 2 is 1.97 bits per heavy atom. The van der Waals surface area contributed by atoms with Crippen LogP contribution in [0.1, 0.15) is 33.0 Å². The first-order valence-corrected chi connectivity index (χ1v) is 10.2. The van der Waals surface area contributed by atoms with Crippen molar-refractivity contribution in [1.82, 2.24) is 19.7 Å². The van der Waals surface area contributed by atoms with Crippen LogP contribution >= 0.6 is 11.3 Å². The van der Waals surface area contributed by atoms with E-state index in [1.807, 2.05) is 24.3 Å². The van der Waals surface area contributed by atoms with E-state index in [0.717, 1.165) is 27.5 Å². The smallest absolute Gasteiger partial charge is 0.417 e. The third-order valence-corrected chi connectivity index (χ3v) is 5.72. The summed E-state index contributed by atoms with van der Waals surface area (Å²) in [4.78, 5) is 20.7. The van der Waals surface area contributed by atoms with Crippen LogP contribution in [0.2, 0.25) is 0 Å². The molecule has 0 radical (unpaired) electrons. The van der Waals surface area contributed by atoms with E-state index in [4.69, 9.17) is 4.74 Å². The number of nitrogens with zero attached hydrogens (tertiary/aromatic N) is 4. The predicted molar refractivity (Wildman–Crippen MR) is 109 cm³/mol. The number of carbonyl (C=O) groups is 1. The second-order valence-electron chi connectivity index (χ2n) is 6.77. The van der Waals surface area contributed by atoms with Gasteiger partial charge >= 0.3 is 12.1 Å². The molecule has 6 nitrogen and oxygen atoms in total. The molecule has 160 valence electrons. The van der Waals surface area contributed by atoms with E-state index in [1.165, 1.54) is 16.9 Å². The lowest BCUT2D eigenvalue weighted by molar-refractivity contribution is -0.137. The van der Waals surface area contributed by atoms with Crippen LogP contribution < -0.4 is 0 Å². The van der Waals surface area contributed by atoms with Crippen molar-refractivity contribution < 1.29 is 22.7 Å². The molecule has 0 saturated carbocycles. The van der Waals surface area contributed by atoms with Crippen LogP contribution in [0.3, 0.4) is 0 Å². The van der Waals surface area contributed by atoms with Gasteiger partial charge in [0.2, 0.25) is 0 Å². The van der Waals surface area contributed by atoms with Gasteiger partial charge in [-0.05, 0) is 37.6 Å². The number of hydrogen-bond acceptors (Lipinski definition) is 6. The SMILES string of the molecule is Cc1c(C(=O)OCCCc2nc3ccccc3s2)cnn1-c1ccc(C(F)(F)F)cn1. The number of aromatic nitrogens is 4. The highest BCUT2D eigenvalue weighted by molar-refractivity contribution is 7.18. The van der Waals surface area contributed by atoms with Gasteiger partial charge in [-0.15, -0.1) is 11.3 Å². The molecule has 10 heteroatoms. The maximum Gasteiger partial charge on any atom is 0.417 e. The average molecular weight is 446 g/mol. The number of alkyl halides is 3. The maximum absolute atomic E-state index is 12.7. The van der Waals surface area contributed by atoms with E-state index in [-0.39, 0.29) is 18.0 Å². The number of hydrogen-bond donors (Lipinski definition) is 0. The quantitative estimate of drug-likeness (QED) is 0.308. The molecule has 0 saturated heterocycles. The second kappa shape index (κ2) is 8.46. The number of ether oxygens (including phenoxy) is 1. The van der Waals surface area contributed by atoms with Gasteiger partial charge in [0, 0.05) is 12.6 Å². The number of esters is 1. The van der Waals surface area contributed by atoms with Gasteiger partial charge in [-0.25, -0.2) is 19.4 Å².